The summed E-state index contributed by atoms with van der Waals surface area (Å²) in [6.07, 6.45) is 7.65. The monoisotopic (exact) mass is 446 g/mol. The predicted molar refractivity (Wildman–Crippen MR) is 140 cm³/mol. The van der Waals surface area contributed by atoms with E-state index in [1.165, 1.54) is 49.9 Å². The lowest BCUT2D eigenvalue weighted by atomic mass is 9.92. The van der Waals surface area contributed by atoms with Crippen LogP contribution in [0.1, 0.15) is 22.3 Å². The Morgan fingerprint density at radius 2 is 1.49 bits per heavy atom. The van der Waals surface area contributed by atoms with Crippen LogP contribution in [-0.2, 0) is 12.8 Å². The van der Waals surface area contributed by atoms with Crippen LogP contribution in [-0.4, -0.2) is 19.4 Å². The van der Waals surface area contributed by atoms with Gasteiger partial charge in [-0.05, 0) is 93.1 Å². The van der Waals surface area contributed by atoms with E-state index in [0.29, 0.717) is 0 Å². The third-order valence-corrected chi connectivity index (χ3v) is 7.93. The minimum Gasteiger partial charge on any atom is -0.276 e. The summed E-state index contributed by atoms with van der Waals surface area (Å²) in [7, 11) is 0. The molecule has 0 unspecified atom stereocenters. The van der Waals surface area contributed by atoms with E-state index in [2.05, 4.69) is 69.0 Å². The lowest BCUT2D eigenvalue weighted by Crippen LogP contribution is -1.94. The first-order valence-corrected chi connectivity index (χ1v) is 12.0. The molecule has 0 bridgehead atoms. The van der Waals surface area contributed by atoms with Crippen molar-refractivity contribution in [3.05, 3.63) is 108 Å². The number of hydrogen-bond donors (Lipinski definition) is 0. The number of benzene rings is 3. The van der Waals surface area contributed by atoms with Crippen LogP contribution < -0.4 is 0 Å². The summed E-state index contributed by atoms with van der Waals surface area (Å²) in [5, 5.41) is 3.49. The summed E-state index contributed by atoms with van der Waals surface area (Å²) in [6, 6.07) is 24.4. The molecule has 7 aromatic rings. The Hall–Kier alpha value is -4.57. The zero-order valence-electron chi connectivity index (χ0n) is 18.8. The molecule has 4 heterocycles. The number of fused-ring (bicyclic) bond motifs is 15. The molecule has 4 nitrogen and oxygen atoms in total. The Morgan fingerprint density at radius 3 is 2.43 bits per heavy atom. The van der Waals surface area contributed by atoms with Gasteiger partial charge < -0.3 is 0 Å². The van der Waals surface area contributed by atoms with Crippen LogP contribution in [0.15, 0.2) is 85.3 Å². The van der Waals surface area contributed by atoms with Crippen LogP contribution >= 0.6 is 0 Å². The average molecular weight is 447 g/mol. The summed E-state index contributed by atoms with van der Waals surface area (Å²) in [6.45, 7) is 0. The van der Waals surface area contributed by atoms with Crippen molar-refractivity contribution in [3.8, 4) is 22.3 Å². The molecule has 0 spiro atoms. The molecule has 9 rings (SSSR count). The van der Waals surface area contributed by atoms with Gasteiger partial charge in [0.15, 0.2) is 5.65 Å². The predicted octanol–water partition coefficient (Wildman–Crippen LogP) is 6.73. The minimum absolute atomic E-state index is 0.888. The number of pyridine rings is 3. The first-order chi connectivity index (χ1) is 17.3. The van der Waals surface area contributed by atoms with Crippen molar-refractivity contribution in [2.45, 2.75) is 12.8 Å². The topological polar surface area (TPSA) is 43.1 Å². The van der Waals surface area contributed by atoms with E-state index >= 15 is 0 Å². The Morgan fingerprint density at radius 1 is 0.629 bits per heavy atom. The summed E-state index contributed by atoms with van der Waals surface area (Å²) >= 11 is 0. The Balaban J connectivity index is 1.44. The van der Waals surface area contributed by atoms with Crippen LogP contribution in [0, 0.1) is 0 Å². The molecular weight excluding hydrogens is 428 g/mol. The fourth-order valence-electron chi connectivity index (χ4n) is 6.47. The first-order valence-electron chi connectivity index (χ1n) is 12.0. The van der Waals surface area contributed by atoms with Crippen LogP contribution in [0.3, 0.4) is 0 Å². The van der Waals surface area contributed by atoms with E-state index in [1.54, 1.807) is 0 Å². The molecule has 0 amide bonds. The smallest absolute Gasteiger partial charge is 0.164 e. The van der Waals surface area contributed by atoms with Crippen LogP contribution in [0.4, 0.5) is 0 Å². The van der Waals surface area contributed by atoms with Crippen LogP contribution in [0.25, 0.3) is 60.7 Å². The van der Waals surface area contributed by atoms with Gasteiger partial charge in [-0.25, -0.2) is 9.97 Å². The average Bonchev–Trinajstić information content (AvgIpc) is 3.58. The molecule has 2 aliphatic rings. The third-order valence-electron chi connectivity index (χ3n) is 7.93. The zero-order valence-corrected chi connectivity index (χ0v) is 18.8. The second kappa shape index (κ2) is 6.10. The SMILES string of the molecule is c1ccc2c(c1)Cc1ccc3c(c1-2)-c1cc2c4cnccc4n4c5ncccc5nc4c2cc1C3. The summed E-state index contributed by atoms with van der Waals surface area (Å²) in [4.78, 5) is 14.2. The van der Waals surface area contributed by atoms with E-state index < -0.39 is 0 Å². The maximum Gasteiger partial charge on any atom is 0.164 e. The van der Waals surface area contributed by atoms with Crippen molar-refractivity contribution in [1.82, 2.24) is 19.4 Å². The second-order valence-corrected chi connectivity index (χ2v) is 9.71. The highest BCUT2D eigenvalue weighted by atomic mass is 15.1. The highest BCUT2D eigenvalue weighted by molar-refractivity contribution is 6.15. The molecule has 4 aromatic heterocycles. The van der Waals surface area contributed by atoms with Crippen molar-refractivity contribution >= 4 is 38.5 Å². The maximum absolute atomic E-state index is 5.04. The molecule has 2 aliphatic carbocycles. The minimum atomic E-state index is 0.888. The molecule has 0 atom stereocenters. The summed E-state index contributed by atoms with van der Waals surface area (Å²) in [5.74, 6) is 0. The van der Waals surface area contributed by atoms with Gasteiger partial charge >= 0.3 is 0 Å². The van der Waals surface area contributed by atoms with Gasteiger partial charge in [-0.3, -0.25) is 9.38 Å². The molecule has 0 N–H and O–H groups in total. The van der Waals surface area contributed by atoms with Gasteiger partial charge in [-0.1, -0.05) is 36.4 Å². The number of aromatic nitrogens is 4. The molecule has 35 heavy (non-hydrogen) atoms. The molecule has 162 valence electrons. The first kappa shape index (κ1) is 17.8. The number of hydrogen-bond acceptors (Lipinski definition) is 3. The normalized spacial score (nSPS) is 13.5. The molecule has 4 heteroatoms. The standard InChI is InChI=1S/C31H18N4/c1-2-5-21-17(4-1)12-18-7-8-19-13-20-14-24-23(15-22(20)29(19)28(18)21)25-16-32-11-9-27(25)35-30(24)34-26-6-3-10-33-31(26)35/h1-11,14-16H,12-13H2. The number of imidazole rings is 1. The molecule has 3 aromatic carbocycles. The number of nitrogens with zero attached hydrogens (tertiary/aromatic N) is 4. The van der Waals surface area contributed by atoms with E-state index in [-0.39, 0.29) is 0 Å². The maximum atomic E-state index is 5.04. The van der Waals surface area contributed by atoms with Gasteiger partial charge in [0.05, 0.1) is 5.52 Å². The van der Waals surface area contributed by atoms with Crippen LogP contribution in [0.5, 0.6) is 0 Å². The molecule has 0 fully saturated rings. The van der Waals surface area contributed by atoms with E-state index in [4.69, 9.17) is 4.98 Å². The molecule has 0 aliphatic heterocycles. The quantitative estimate of drug-likeness (QED) is 0.243. The second-order valence-electron chi connectivity index (χ2n) is 9.71. The van der Waals surface area contributed by atoms with E-state index in [0.717, 1.165) is 45.9 Å². The van der Waals surface area contributed by atoms with Crippen LogP contribution in [0.2, 0.25) is 0 Å². The lowest BCUT2D eigenvalue weighted by molar-refractivity contribution is 1.23. The Labute approximate surface area is 200 Å². The summed E-state index contributed by atoms with van der Waals surface area (Å²) < 4.78 is 2.19. The van der Waals surface area contributed by atoms with Crippen molar-refractivity contribution < 1.29 is 0 Å². The zero-order chi connectivity index (χ0) is 22.7. The van der Waals surface area contributed by atoms with Crippen molar-refractivity contribution in [3.63, 3.8) is 0 Å². The largest absolute Gasteiger partial charge is 0.276 e. The lowest BCUT2D eigenvalue weighted by Gasteiger charge is -2.13. The van der Waals surface area contributed by atoms with Gasteiger partial charge in [0, 0.05) is 29.4 Å². The van der Waals surface area contributed by atoms with E-state index in [1.807, 2.05) is 30.7 Å². The Bertz CT molecular complexity index is 2070. The van der Waals surface area contributed by atoms with Gasteiger partial charge in [-0.2, -0.15) is 0 Å². The van der Waals surface area contributed by atoms with Crippen molar-refractivity contribution in [1.29, 1.82) is 0 Å². The fourth-order valence-corrected chi connectivity index (χ4v) is 6.47. The highest BCUT2D eigenvalue weighted by Gasteiger charge is 2.29. The number of rotatable bonds is 0. The summed E-state index contributed by atoms with van der Waals surface area (Å²) in [5.41, 5.74) is 15.1. The van der Waals surface area contributed by atoms with E-state index in [9.17, 15) is 0 Å². The van der Waals surface area contributed by atoms with Gasteiger partial charge in [0.2, 0.25) is 0 Å². The molecule has 0 saturated heterocycles. The molecule has 0 radical (unpaired) electrons. The fraction of sp³-hybridized carbons (Fsp3) is 0.0645. The van der Waals surface area contributed by atoms with Crippen molar-refractivity contribution in [2.75, 3.05) is 0 Å². The Kier molecular flexibility index (Phi) is 3.11. The van der Waals surface area contributed by atoms with Gasteiger partial charge in [0.25, 0.3) is 0 Å². The van der Waals surface area contributed by atoms with Gasteiger partial charge in [0.1, 0.15) is 11.2 Å². The molecule has 0 saturated carbocycles. The highest BCUT2D eigenvalue weighted by Crippen LogP contribution is 2.50. The van der Waals surface area contributed by atoms with Crippen molar-refractivity contribution in [2.24, 2.45) is 0 Å². The molecular formula is C31H18N4. The van der Waals surface area contributed by atoms with Gasteiger partial charge in [-0.15, -0.1) is 0 Å². The third kappa shape index (κ3) is 2.15.